The molecule has 0 aliphatic carbocycles. The van der Waals surface area contributed by atoms with E-state index >= 15 is 0 Å². The van der Waals surface area contributed by atoms with E-state index in [0.29, 0.717) is 6.54 Å². The zero-order valence-corrected chi connectivity index (χ0v) is 11.3. The van der Waals surface area contributed by atoms with Crippen molar-refractivity contribution in [2.24, 2.45) is 0 Å². The second-order valence-corrected chi connectivity index (χ2v) is 4.49. The van der Waals surface area contributed by atoms with Crippen LogP contribution in [-0.4, -0.2) is 24.2 Å². The Morgan fingerprint density at radius 2 is 2.00 bits per heavy atom. The van der Waals surface area contributed by atoms with E-state index in [9.17, 15) is 4.79 Å². The van der Waals surface area contributed by atoms with Crippen molar-refractivity contribution in [2.75, 3.05) is 13.1 Å². The van der Waals surface area contributed by atoms with Crippen LogP contribution < -0.4 is 5.32 Å². The van der Waals surface area contributed by atoms with E-state index in [0.717, 1.165) is 19.0 Å². The summed E-state index contributed by atoms with van der Waals surface area (Å²) < 4.78 is 0. The van der Waals surface area contributed by atoms with E-state index in [4.69, 9.17) is 5.11 Å². The molecule has 3 heteroatoms. The van der Waals surface area contributed by atoms with Crippen LogP contribution in [0.15, 0.2) is 24.3 Å². The molecule has 0 unspecified atom stereocenters. The van der Waals surface area contributed by atoms with Gasteiger partial charge in [0.25, 0.3) is 0 Å². The van der Waals surface area contributed by atoms with Crippen LogP contribution in [0, 0.1) is 20.8 Å². The molecule has 0 aromatic heterocycles. The van der Waals surface area contributed by atoms with Gasteiger partial charge in [-0.25, -0.2) is 4.79 Å². The fraction of sp³-hybridized carbons (Fsp3) is 0.400. The standard InChI is InChI=1S/C15H21NO2/c1-11-6-7-14(13(3)12(11)2)8-10-16-9-4-5-15(17)18/h4-7,16H,8-10H2,1-3H3,(H,17,18)/b5-4+. The van der Waals surface area contributed by atoms with Crippen LogP contribution in [0.25, 0.3) is 0 Å². The van der Waals surface area contributed by atoms with Gasteiger partial charge in [0.1, 0.15) is 0 Å². The molecule has 0 heterocycles. The zero-order valence-electron chi connectivity index (χ0n) is 11.3. The highest BCUT2D eigenvalue weighted by Crippen LogP contribution is 2.17. The van der Waals surface area contributed by atoms with Gasteiger partial charge in [0.05, 0.1) is 0 Å². The van der Waals surface area contributed by atoms with Crippen LogP contribution in [-0.2, 0) is 11.2 Å². The molecular weight excluding hydrogens is 226 g/mol. The summed E-state index contributed by atoms with van der Waals surface area (Å²) >= 11 is 0. The van der Waals surface area contributed by atoms with Gasteiger partial charge in [-0.05, 0) is 56.0 Å². The van der Waals surface area contributed by atoms with Crippen LogP contribution in [0.4, 0.5) is 0 Å². The number of aryl methyl sites for hydroxylation is 1. The molecule has 18 heavy (non-hydrogen) atoms. The Bertz CT molecular complexity index is 450. The zero-order chi connectivity index (χ0) is 13.5. The molecule has 1 rings (SSSR count). The molecule has 0 spiro atoms. The van der Waals surface area contributed by atoms with Crippen molar-refractivity contribution in [3.05, 3.63) is 46.5 Å². The van der Waals surface area contributed by atoms with Crippen LogP contribution in [0.3, 0.4) is 0 Å². The van der Waals surface area contributed by atoms with Crippen molar-refractivity contribution in [1.82, 2.24) is 5.32 Å². The number of benzene rings is 1. The number of carboxylic acids is 1. The smallest absolute Gasteiger partial charge is 0.328 e. The maximum absolute atomic E-state index is 10.3. The van der Waals surface area contributed by atoms with Gasteiger partial charge in [-0.3, -0.25) is 0 Å². The highest BCUT2D eigenvalue weighted by molar-refractivity contribution is 5.79. The predicted molar refractivity (Wildman–Crippen MR) is 74.0 cm³/mol. The summed E-state index contributed by atoms with van der Waals surface area (Å²) in [6, 6.07) is 4.33. The van der Waals surface area contributed by atoms with Gasteiger partial charge in [-0.15, -0.1) is 0 Å². The van der Waals surface area contributed by atoms with Crippen LogP contribution in [0.1, 0.15) is 22.3 Å². The molecular formula is C15H21NO2. The summed E-state index contributed by atoms with van der Waals surface area (Å²) in [5.74, 6) is -0.901. The molecule has 0 fully saturated rings. The van der Waals surface area contributed by atoms with Gasteiger partial charge in [0.15, 0.2) is 0 Å². The monoisotopic (exact) mass is 247 g/mol. The number of nitrogens with one attached hydrogen (secondary N) is 1. The van der Waals surface area contributed by atoms with Gasteiger partial charge in [0, 0.05) is 12.6 Å². The Balaban J connectivity index is 2.41. The van der Waals surface area contributed by atoms with E-state index < -0.39 is 5.97 Å². The van der Waals surface area contributed by atoms with Crippen LogP contribution in [0.2, 0.25) is 0 Å². The topological polar surface area (TPSA) is 49.3 Å². The maximum Gasteiger partial charge on any atom is 0.328 e. The molecule has 0 atom stereocenters. The quantitative estimate of drug-likeness (QED) is 0.599. The van der Waals surface area contributed by atoms with E-state index in [2.05, 4.69) is 38.2 Å². The van der Waals surface area contributed by atoms with E-state index in [1.165, 1.54) is 22.3 Å². The van der Waals surface area contributed by atoms with Gasteiger partial charge in [-0.2, -0.15) is 0 Å². The highest BCUT2D eigenvalue weighted by atomic mass is 16.4. The molecule has 0 saturated carbocycles. The Morgan fingerprint density at radius 1 is 1.28 bits per heavy atom. The number of carboxylic acid groups (broad SMARTS) is 1. The van der Waals surface area contributed by atoms with Gasteiger partial charge < -0.3 is 10.4 Å². The number of hydrogen-bond donors (Lipinski definition) is 2. The van der Waals surface area contributed by atoms with Crippen molar-refractivity contribution in [3.63, 3.8) is 0 Å². The summed E-state index contributed by atoms with van der Waals surface area (Å²) in [6.07, 6.45) is 3.75. The second-order valence-electron chi connectivity index (χ2n) is 4.49. The molecule has 0 amide bonds. The van der Waals surface area contributed by atoms with Crippen molar-refractivity contribution >= 4 is 5.97 Å². The lowest BCUT2D eigenvalue weighted by Crippen LogP contribution is -2.17. The van der Waals surface area contributed by atoms with Gasteiger partial charge >= 0.3 is 5.97 Å². The Labute approximate surface area is 109 Å². The summed E-state index contributed by atoms with van der Waals surface area (Å²) in [7, 11) is 0. The Kier molecular flexibility index (Phi) is 5.59. The normalized spacial score (nSPS) is 11.1. The minimum absolute atomic E-state index is 0.593. The van der Waals surface area contributed by atoms with Crippen molar-refractivity contribution < 1.29 is 9.90 Å². The van der Waals surface area contributed by atoms with E-state index in [1.807, 2.05) is 0 Å². The summed E-state index contributed by atoms with van der Waals surface area (Å²) in [5.41, 5.74) is 5.40. The molecule has 0 bridgehead atoms. The van der Waals surface area contributed by atoms with Crippen molar-refractivity contribution in [3.8, 4) is 0 Å². The predicted octanol–water partition coefficient (Wildman–Crippen LogP) is 2.38. The molecule has 2 N–H and O–H groups in total. The summed E-state index contributed by atoms with van der Waals surface area (Å²) in [4.78, 5) is 10.3. The molecule has 1 aromatic carbocycles. The second kappa shape index (κ2) is 6.97. The highest BCUT2D eigenvalue weighted by Gasteiger charge is 2.02. The van der Waals surface area contributed by atoms with E-state index in [1.54, 1.807) is 6.08 Å². The number of hydrogen-bond acceptors (Lipinski definition) is 2. The first-order valence-corrected chi connectivity index (χ1v) is 6.18. The number of rotatable bonds is 6. The number of carbonyl (C=O) groups is 1. The van der Waals surface area contributed by atoms with Crippen LogP contribution in [0.5, 0.6) is 0 Å². The summed E-state index contributed by atoms with van der Waals surface area (Å²) in [5, 5.41) is 11.6. The first kappa shape index (κ1) is 14.5. The minimum Gasteiger partial charge on any atom is -0.478 e. The van der Waals surface area contributed by atoms with Crippen LogP contribution >= 0.6 is 0 Å². The Hall–Kier alpha value is -1.61. The maximum atomic E-state index is 10.3. The average Bonchev–Trinajstić information content (AvgIpc) is 2.33. The van der Waals surface area contributed by atoms with Crippen molar-refractivity contribution in [2.45, 2.75) is 27.2 Å². The fourth-order valence-corrected chi connectivity index (χ4v) is 1.85. The van der Waals surface area contributed by atoms with Crippen molar-refractivity contribution in [1.29, 1.82) is 0 Å². The Morgan fingerprint density at radius 3 is 2.67 bits per heavy atom. The summed E-state index contributed by atoms with van der Waals surface area (Å²) in [6.45, 7) is 7.88. The lowest BCUT2D eigenvalue weighted by atomic mass is 9.97. The first-order chi connectivity index (χ1) is 8.52. The molecule has 0 aliphatic heterocycles. The fourth-order valence-electron chi connectivity index (χ4n) is 1.85. The lowest BCUT2D eigenvalue weighted by molar-refractivity contribution is -0.131. The van der Waals surface area contributed by atoms with Gasteiger partial charge in [0.2, 0.25) is 0 Å². The average molecular weight is 247 g/mol. The molecule has 0 aliphatic rings. The minimum atomic E-state index is -0.901. The molecule has 0 radical (unpaired) electrons. The third kappa shape index (κ3) is 4.34. The molecule has 98 valence electrons. The van der Waals surface area contributed by atoms with E-state index in [-0.39, 0.29) is 0 Å². The molecule has 1 aromatic rings. The third-order valence-electron chi connectivity index (χ3n) is 3.26. The SMILES string of the molecule is Cc1ccc(CCNC/C=C/C(=O)O)c(C)c1C. The molecule has 3 nitrogen and oxygen atoms in total. The third-order valence-corrected chi connectivity index (χ3v) is 3.26. The van der Waals surface area contributed by atoms with Gasteiger partial charge in [-0.1, -0.05) is 18.2 Å². The largest absolute Gasteiger partial charge is 0.478 e. The lowest BCUT2D eigenvalue weighted by Gasteiger charge is -2.11. The number of aliphatic carboxylic acids is 1. The molecule has 0 saturated heterocycles. The first-order valence-electron chi connectivity index (χ1n) is 6.18.